The molecule has 0 amide bonds. The van der Waals surface area contributed by atoms with E-state index in [4.69, 9.17) is 0 Å². The van der Waals surface area contributed by atoms with Crippen molar-refractivity contribution >= 4 is 12.6 Å². The van der Waals surface area contributed by atoms with Crippen LogP contribution in [0.15, 0.2) is 0 Å². The molecule has 1 saturated carbocycles. The second-order valence-corrected chi connectivity index (χ2v) is 5.44. The quantitative estimate of drug-likeness (QED) is 0.540. The number of hydrogen-bond donors (Lipinski definition) is 2. The molecule has 14 heavy (non-hydrogen) atoms. The van der Waals surface area contributed by atoms with Gasteiger partial charge in [-0.2, -0.15) is 12.6 Å². The molecule has 2 rings (SSSR count). The number of thiol groups is 1. The summed E-state index contributed by atoms with van der Waals surface area (Å²) in [7, 11) is 0. The molecular weight excluding hydrogens is 190 g/mol. The van der Waals surface area contributed by atoms with Gasteiger partial charge >= 0.3 is 0 Å². The minimum Gasteiger partial charge on any atom is -0.316 e. The van der Waals surface area contributed by atoms with Crippen molar-refractivity contribution in [3.8, 4) is 0 Å². The molecule has 0 aromatic carbocycles. The zero-order chi connectivity index (χ0) is 9.80. The van der Waals surface area contributed by atoms with Crippen LogP contribution in [0.25, 0.3) is 0 Å². The van der Waals surface area contributed by atoms with Gasteiger partial charge in [0.25, 0.3) is 0 Å². The number of unbranched alkanes of at least 4 members (excludes halogenated alkanes) is 1. The van der Waals surface area contributed by atoms with Gasteiger partial charge in [-0.3, -0.25) is 0 Å². The van der Waals surface area contributed by atoms with Gasteiger partial charge in [0.15, 0.2) is 0 Å². The molecule has 82 valence electrons. The molecule has 3 unspecified atom stereocenters. The highest BCUT2D eigenvalue weighted by Gasteiger charge is 2.35. The first-order valence-corrected chi connectivity index (χ1v) is 6.86. The summed E-state index contributed by atoms with van der Waals surface area (Å²) >= 11 is 4.28. The van der Waals surface area contributed by atoms with Gasteiger partial charge in [0.2, 0.25) is 0 Å². The maximum absolute atomic E-state index is 4.28. The van der Waals surface area contributed by atoms with Crippen molar-refractivity contribution in [2.75, 3.05) is 18.8 Å². The van der Waals surface area contributed by atoms with Crippen LogP contribution in [-0.2, 0) is 0 Å². The lowest BCUT2D eigenvalue weighted by atomic mass is 9.72. The number of rotatable bonds is 4. The fourth-order valence-corrected chi connectivity index (χ4v) is 3.58. The molecule has 0 aromatic heterocycles. The lowest BCUT2D eigenvalue weighted by Crippen LogP contribution is -2.27. The minimum atomic E-state index is 1.02. The predicted octanol–water partition coefficient (Wildman–Crippen LogP) is 2.72. The Labute approximate surface area is 93.4 Å². The van der Waals surface area contributed by atoms with Crippen LogP contribution >= 0.6 is 12.6 Å². The lowest BCUT2D eigenvalue weighted by molar-refractivity contribution is 0.186. The molecule has 0 bridgehead atoms. The first-order valence-electron chi connectivity index (χ1n) is 6.23. The third-order valence-corrected chi connectivity index (χ3v) is 4.45. The first-order chi connectivity index (χ1) is 6.92. The van der Waals surface area contributed by atoms with Crippen LogP contribution in [-0.4, -0.2) is 18.8 Å². The highest BCUT2D eigenvalue weighted by Crippen LogP contribution is 2.39. The lowest BCUT2D eigenvalue weighted by Gasteiger charge is -2.33. The van der Waals surface area contributed by atoms with Gasteiger partial charge in [-0.1, -0.05) is 25.7 Å². The van der Waals surface area contributed by atoms with Crippen molar-refractivity contribution in [1.82, 2.24) is 5.32 Å². The Bertz CT molecular complexity index is 172. The highest BCUT2D eigenvalue weighted by atomic mass is 32.1. The molecular formula is C12H23NS. The molecule has 1 N–H and O–H groups in total. The van der Waals surface area contributed by atoms with Crippen LogP contribution in [0.2, 0.25) is 0 Å². The largest absolute Gasteiger partial charge is 0.316 e. The van der Waals surface area contributed by atoms with E-state index in [9.17, 15) is 0 Å². The summed E-state index contributed by atoms with van der Waals surface area (Å²) in [5.41, 5.74) is 0. The van der Waals surface area contributed by atoms with Crippen LogP contribution in [0.4, 0.5) is 0 Å². The van der Waals surface area contributed by atoms with Crippen LogP contribution in [0, 0.1) is 17.8 Å². The minimum absolute atomic E-state index is 1.02. The van der Waals surface area contributed by atoms with E-state index in [1.165, 1.54) is 51.6 Å². The van der Waals surface area contributed by atoms with E-state index in [1.54, 1.807) is 0 Å². The van der Waals surface area contributed by atoms with Crippen molar-refractivity contribution in [1.29, 1.82) is 0 Å². The molecule has 1 nitrogen and oxygen atoms in total. The molecule has 1 aliphatic heterocycles. The molecule has 3 atom stereocenters. The van der Waals surface area contributed by atoms with Crippen LogP contribution in [0.5, 0.6) is 0 Å². The Morgan fingerprint density at radius 2 is 2.07 bits per heavy atom. The van der Waals surface area contributed by atoms with E-state index in [0.717, 1.165) is 23.5 Å². The Kier molecular flexibility index (Phi) is 4.18. The van der Waals surface area contributed by atoms with Crippen LogP contribution < -0.4 is 5.32 Å². The van der Waals surface area contributed by atoms with Gasteiger partial charge in [0.1, 0.15) is 0 Å². The monoisotopic (exact) mass is 213 g/mol. The summed E-state index contributed by atoms with van der Waals surface area (Å²) in [6.07, 6.45) is 8.63. The van der Waals surface area contributed by atoms with Crippen molar-refractivity contribution in [2.45, 2.75) is 38.5 Å². The van der Waals surface area contributed by atoms with Gasteiger partial charge < -0.3 is 5.32 Å². The van der Waals surface area contributed by atoms with E-state index in [2.05, 4.69) is 17.9 Å². The predicted molar refractivity (Wildman–Crippen MR) is 64.9 cm³/mol. The SMILES string of the molecule is SCCCCC1CCCC2CNCC12. The van der Waals surface area contributed by atoms with Gasteiger partial charge in [-0.05, 0) is 49.4 Å². The standard InChI is InChI=1S/C12H23NS/c14-7-2-1-4-10-5-3-6-11-8-13-9-12(10)11/h10-14H,1-9H2. The van der Waals surface area contributed by atoms with Crippen molar-refractivity contribution < 1.29 is 0 Å². The van der Waals surface area contributed by atoms with Crippen molar-refractivity contribution in [3.05, 3.63) is 0 Å². The topological polar surface area (TPSA) is 12.0 Å². The summed E-state index contributed by atoms with van der Waals surface area (Å²) in [6.45, 7) is 2.60. The zero-order valence-electron chi connectivity index (χ0n) is 9.04. The smallest absolute Gasteiger partial charge is 0.00146 e. The molecule has 1 aliphatic carbocycles. The fourth-order valence-electron chi connectivity index (χ4n) is 3.35. The molecule has 0 spiro atoms. The van der Waals surface area contributed by atoms with Crippen molar-refractivity contribution in [3.63, 3.8) is 0 Å². The van der Waals surface area contributed by atoms with Crippen molar-refractivity contribution in [2.24, 2.45) is 17.8 Å². The second-order valence-electron chi connectivity index (χ2n) is 4.99. The summed E-state index contributed by atoms with van der Waals surface area (Å²) in [6, 6.07) is 0. The summed E-state index contributed by atoms with van der Waals surface area (Å²) in [5, 5.41) is 3.57. The van der Waals surface area contributed by atoms with E-state index < -0.39 is 0 Å². The normalized spacial score (nSPS) is 37.1. The summed E-state index contributed by atoms with van der Waals surface area (Å²) in [5.74, 6) is 4.14. The first kappa shape index (κ1) is 10.8. The molecule has 1 saturated heterocycles. The van der Waals surface area contributed by atoms with Gasteiger partial charge in [-0.15, -0.1) is 0 Å². The summed E-state index contributed by atoms with van der Waals surface area (Å²) in [4.78, 5) is 0. The van der Waals surface area contributed by atoms with Gasteiger partial charge in [-0.25, -0.2) is 0 Å². The number of nitrogens with one attached hydrogen (secondary N) is 1. The molecule has 0 aromatic rings. The molecule has 2 fully saturated rings. The Balaban J connectivity index is 1.78. The van der Waals surface area contributed by atoms with E-state index in [-0.39, 0.29) is 0 Å². The highest BCUT2D eigenvalue weighted by molar-refractivity contribution is 7.80. The maximum Gasteiger partial charge on any atom is -0.00146 e. The number of hydrogen-bond acceptors (Lipinski definition) is 2. The molecule has 0 radical (unpaired) electrons. The fraction of sp³-hybridized carbons (Fsp3) is 1.00. The van der Waals surface area contributed by atoms with Gasteiger partial charge in [0.05, 0.1) is 0 Å². The van der Waals surface area contributed by atoms with E-state index in [1.807, 2.05) is 0 Å². The number of fused-ring (bicyclic) bond motifs is 1. The Hall–Kier alpha value is 0.310. The summed E-state index contributed by atoms with van der Waals surface area (Å²) < 4.78 is 0. The molecule has 1 heterocycles. The van der Waals surface area contributed by atoms with Gasteiger partial charge in [0, 0.05) is 0 Å². The Morgan fingerprint density at radius 3 is 2.93 bits per heavy atom. The van der Waals surface area contributed by atoms with Crippen LogP contribution in [0.3, 0.4) is 0 Å². The zero-order valence-corrected chi connectivity index (χ0v) is 9.94. The second kappa shape index (κ2) is 5.41. The third kappa shape index (κ3) is 2.46. The maximum atomic E-state index is 4.28. The van der Waals surface area contributed by atoms with Crippen LogP contribution in [0.1, 0.15) is 38.5 Å². The Morgan fingerprint density at radius 1 is 1.14 bits per heavy atom. The average Bonchev–Trinajstić information content (AvgIpc) is 2.67. The van der Waals surface area contributed by atoms with E-state index >= 15 is 0 Å². The van der Waals surface area contributed by atoms with E-state index in [0.29, 0.717) is 0 Å². The average molecular weight is 213 g/mol. The molecule has 2 aliphatic rings. The molecule has 2 heteroatoms. The third-order valence-electron chi connectivity index (χ3n) is 4.13.